The summed E-state index contributed by atoms with van der Waals surface area (Å²) in [7, 11) is -3.06. The molecule has 1 aliphatic rings. The normalized spacial score (nSPS) is 19.0. The van der Waals surface area contributed by atoms with E-state index >= 15 is 0 Å². The van der Waals surface area contributed by atoms with E-state index in [1.165, 1.54) is 0 Å². The van der Waals surface area contributed by atoms with Crippen LogP contribution in [0, 0.1) is 0 Å². The quantitative estimate of drug-likeness (QED) is 0.740. The lowest BCUT2D eigenvalue weighted by Gasteiger charge is -2.14. The highest BCUT2D eigenvalue weighted by Crippen LogP contribution is 2.25. The third-order valence-corrected chi connectivity index (χ3v) is 6.75. The molecule has 6 nitrogen and oxygen atoms in total. The van der Waals surface area contributed by atoms with E-state index in [1.807, 2.05) is 22.8 Å². The first-order valence-corrected chi connectivity index (χ1v) is 10.4. The molecule has 1 fully saturated rings. The number of nitrogens with one attached hydrogen (secondary N) is 1. The van der Waals surface area contributed by atoms with E-state index in [0.29, 0.717) is 29.3 Å². The highest BCUT2D eigenvalue weighted by Gasteiger charge is 2.30. The zero-order valence-corrected chi connectivity index (χ0v) is 15.4. The van der Waals surface area contributed by atoms with Crippen molar-refractivity contribution in [1.29, 1.82) is 0 Å². The van der Waals surface area contributed by atoms with Crippen LogP contribution in [0.3, 0.4) is 0 Å². The summed E-state index contributed by atoms with van der Waals surface area (Å²) in [5.74, 6) is -0.216. The Morgan fingerprint density at radius 2 is 2.12 bits per heavy atom. The number of benzene rings is 1. The molecule has 1 amide bonds. The van der Waals surface area contributed by atoms with E-state index < -0.39 is 9.84 Å². The SMILES string of the molecule is O=C(N[C@H]1CCS(=O)(=O)C1)c1cc2occc2n1Cc1ccccc1Cl. The maximum absolute atomic E-state index is 12.8. The van der Waals surface area contributed by atoms with Crippen molar-refractivity contribution in [2.24, 2.45) is 0 Å². The summed E-state index contributed by atoms with van der Waals surface area (Å²) in [6, 6.07) is 10.6. The molecule has 3 aromatic rings. The molecule has 1 aliphatic heterocycles. The molecule has 0 saturated carbocycles. The molecule has 8 heteroatoms. The van der Waals surface area contributed by atoms with Gasteiger partial charge in [0.1, 0.15) is 5.69 Å². The van der Waals surface area contributed by atoms with Gasteiger partial charge in [0, 0.05) is 29.7 Å². The molecule has 0 bridgehead atoms. The lowest BCUT2D eigenvalue weighted by atomic mass is 10.2. The number of aromatic nitrogens is 1. The molecule has 1 aromatic carbocycles. The summed E-state index contributed by atoms with van der Waals surface area (Å²) in [6.07, 6.45) is 2.01. The van der Waals surface area contributed by atoms with Gasteiger partial charge in [0.2, 0.25) is 0 Å². The zero-order valence-electron chi connectivity index (χ0n) is 13.8. The maximum atomic E-state index is 12.8. The van der Waals surface area contributed by atoms with Gasteiger partial charge < -0.3 is 14.3 Å². The number of nitrogens with zero attached hydrogens (tertiary/aromatic N) is 1. The molecule has 1 saturated heterocycles. The number of carbonyl (C=O) groups is 1. The number of furan rings is 1. The Morgan fingerprint density at radius 1 is 1.31 bits per heavy atom. The number of amides is 1. The Labute approximate surface area is 155 Å². The number of sulfone groups is 1. The van der Waals surface area contributed by atoms with Gasteiger partial charge in [-0.1, -0.05) is 29.8 Å². The van der Waals surface area contributed by atoms with Gasteiger partial charge in [-0.15, -0.1) is 0 Å². The summed E-state index contributed by atoms with van der Waals surface area (Å²) < 4.78 is 30.5. The van der Waals surface area contributed by atoms with Crippen molar-refractivity contribution in [3.05, 3.63) is 58.9 Å². The number of fused-ring (bicyclic) bond motifs is 1. The van der Waals surface area contributed by atoms with Gasteiger partial charge in [-0.3, -0.25) is 4.79 Å². The third kappa shape index (κ3) is 3.24. The van der Waals surface area contributed by atoms with E-state index in [9.17, 15) is 13.2 Å². The maximum Gasteiger partial charge on any atom is 0.268 e. The molecule has 2 aromatic heterocycles. The van der Waals surface area contributed by atoms with Crippen molar-refractivity contribution in [3.8, 4) is 0 Å². The van der Waals surface area contributed by atoms with Crippen molar-refractivity contribution >= 4 is 38.4 Å². The number of hydrogen-bond acceptors (Lipinski definition) is 4. The second-order valence-corrected chi connectivity index (χ2v) is 9.09. The molecule has 4 rings (SSSR count). The van der Waals surface area contributed by atoms with Crippen LogP contribution in [-0.2, 0) is 16.4 Å². The first-order chi connectivity index (χ1) is 12.4. The van der Waals surface area contributed by atoms with Gasteiger partial charge in [0.15, 0.2) is 15.4 Å². The largest absolute Gasteiger partial charge is 0.463 e. The fourth-order valence-electron chi connectivity index (χ4n) is 3.30. The van der Waals surface area contributed by atoms with Crippen molar-refractivity contribution in [2.75, 3.05) is 11.5 Å². The van der Waals surface area contributed by atoms with Crippen molar-refractivity contribution in [1.82, 2.24) is 9.88 Å². The standard InChI is InChI=1S/C18H17ClN2O4S/c19-14-4-2-1-3-12(14)10-21-15-5-7-25-17(15)9-16(21)18(22)20-13-6-8-26(23,24)11-13/h1-5,7,9,13H,6,8,10-11H2,(H,20,22)/t13-/m0/s1. The van der Waals surface area contributed by atoms with Gasteiger partial charge in [0.05, 0.1) is 23.3 Å². The van der Waals surface area contributed by atoms with Crippen LogP contribution in [0.25, 0.3) is 11.1 Å². The van der Waals surface area contributed by atoms with E-state index in [-0.39, 0.29) is 23.5 Å². The summed E-state index contributed by atoms with van der Waals surface area (Å²) in [5, 5.41) is 3.45. The molecular weight excluding hydrogens is 376 g/mol. The average Bonchev–Trinajstić information content (AvgIpc) is 3.25. The van der Waals surface area contributed by atoms with Crippen LogP contribution in [0.4, 0.5) is 0 Å². The number of rotatable bonds is 4. The van der Waals surface area contributed by atoms with Gasteiger partial charge in [-0.25, -0.2) is 8.42 Å². The van der Waals surface area contributed by atoms with Gasteiger partial charge in [0.25, 0.3) is 5.91 Å². The molecule has 136 valence electrons. The third-order valence-electron chi connectivity index (χ3n) is 4.61. The van der Waals surface area contributed by atoms with E-state index in [0.717, 1.165) is 11.1 Å². The van der Waals surface area contributed by atoms with Crippen LogP contribution in [0.1, 0.15) is 22.5 Å². The Kier molecular flexibility index (Phi) is 4.28. The number of carbonyl (C=O) groups excluding carboxylic acids is 1. The lowest BCUT2D eigenvalue weighted by Crippen LogP contribution is -2.36. The van der Waals surface area contributed by atoms with Crippen LogP contribution in [-0.4, -0.2) is 36.4 Å². The van der Waals surface area contributed by atoms with Gasteiger partial charge >= 0.3 is 0 Å². The van der Waals surface area contributed by atoms with Gasteiger partial charge in [-0.05, 0) is 18.1 Å². The smallest absolute Gasteiger partial charge is 0.268 e. The molecule has 26 heavy (non-hydrogen) atoms. The summed E-state index contributed by atoms with van der Waals surface area (Å²) in [5.41, 5.74) is 2.68. The highest BCUT2D eigenvalue weighted by molar-refractivity contribution is 7.91. The van der Waals surface area contributed by atoms with E-state index in [1.54, 1.807) is 24.5 Å². The first-order valence-electron chi connectivity index (χ1n) is 8.24. The monoisotopic (exact) mass is 392 g/mol. The predicted octanol–water partition coefficient (Wildman–Crippen LogP) is 2.85. The highest BCUT2D eigenvalue weighted by atomic mass is 35.5. The fraction of sp³-hybridized carbons (Fsp3) is 0.278. The van der Waals surface area contributed by atoms with Gasteiger partial charge in [-0.2, -0.15) is 0 Å². The van der Waals surface area contributed by atoms with E-state index in [4.69, 9.17) is 16.0 Å². The molecule has 1 atom stereocenters. The van der Waals surface area contributed by atoms with Crippen molar-refractivity contribution in [3.63, 3.8) is 0 Å². The van der Waals surface area contributed by atoms with Crippen LogP contribution in [0.5, 0.6) is 0 Å². The molecule has 0 unspecified atom stereocenters. The number of hydrogen-bond donors (Lipinski definition) is 1. The Hall–Kier alpha value is -2.25. The topological polar surface area (TPSA) is 81.3 Å². The van der Waals surface area contributed by atoms with Crippen LogP contribution >= 0.6 is 11.6 Å². The Morgan fingerprint density at radius 3 is 2.85 bits per heavy atom. The van der Waals surface area contributed by atoms with Crippen molar-refractivity contribution in [2.45, 2.75) is 19.0 Å². The fourth-order valence-corrected chi connectivity index (χ4v) is 5.17. The minimum Gasteiger partial charge on any atom is -0.463 e. The molecular formula is C18H17ClN2O4S. The van der Waals surface area contributed by atoms with Crippen molar-refractivity contribution < 1.29 is 17.6 Å². The van der Waals surface area contributed by atoms with E-state index in [2.05, 4.69) is 5.32 Å². The second kappa shape index (κ2) is 6.48. The Bertz CT molecular complexity index is 1080. The molecule has 3 heterocycles. The van der Waals surface area contributed by atoms with Crippen LogP contribution in [0.2, 0.25) is 5.02 Å². The zero-order chi connectivity index (χ0) is 18.3. The average molecular weight is 393 g/mol. The predicted molar refractivity (Wildman–Crippen MR) is 99.3 cm³/mol. The molecule has 0 radical (unpaired) electrons. The summed E-state index contributed by atoms with van der Waals surface area (Å²) in [4.78, 5) is 12.8. The molecule has 1 N–H and O–H groups in total. The second-order valence-electron chi connectivity index (χ2n) is 6.45. The summed E-state index contributed by atoms with van der Waals surface area (Å²) >= 11 is 6.26. The first kappa shape index (κ1) is 17.2. The van der Waals surface area contributed by atoms with Crippen LogP contribution in [0.15, 0.2) is 47.1 Å². The molecule has 0 spiro atoms. The minimum atomic E-state index is -3.06. The molecule has 0 aliphatic carbocycles. The lowest BCUT2D eigenvalue weighted by molar-refractivity contribution is 0.0932. The number of halogens is 1. The Balaban J connectivity index is 1.66. The van der Waals surface area contributed by atoms with Crippen LogP contribution < -0.4 is 5.32 Å². The summed E-state index contributed by atoms with van der Waals surface area (Å²) in [6.45, 7) is 0.411. The minimum absolute atomic E-state index is 0.0138.